The Morgan fingerprint density at radius 1 is 1.40 bits per heavy atom. The second-order valence-electron chi connectivity index (χ2n) is 4.36. The van der Waals surface area contributed by atoms with Gasteiger partial charge < -0.3 is 10.5 Å². The van der Waals surface area contributed by atoms with E-state index in [0.29, 0.717) is 18.4 Å². The van der Waals surface area contributed by atoms with Gasteiger partial charge in [0.25, 0.3) is 0 Å². The molecular weight excluding hydrogens is 186 g/mol. The van der Waals surface area contributed by atoms with Crippen LogP contribution in [-0.4, -0.2) is 13.2 Å². The fourth-order valence-corrected chi connectivity index (χ4v) is 2.18. The van der Waals surface area contributed by atoms with E-state index in [0.717, 1.165) is 13.2 Å². The average molecular weight is 205 g/mol. The van der Waals surface area contributed by atoms with Crippen LogP contribution in [0, 0.1) is 5.92 Å². The van der Waals surface area contributed by atoms with Crippen molar-refractivity contribution in [1.82, 2.24) is 0 Å². The first-order valence-electron chi connectivity index (χ1n) is 5.68. The summed E-state index contributed by atoms with van der Waals surface area (Å²) in [5.74, 6) is 1.29. The first kappa shape index (κ1) is 10.7. The van der Waals surface area contributed by atoms with Crippen molar-refractivity contribution in [3.63, 3.8) is 0 Å². The summed E-state index contributed by atoms with van der Waals surface area (Å²) in [5.41, 5.74) is 8.19. The first-order valence-corrected chi connectivity index (χ1v) is 5.68. The molecule has 0 amide bonds. The highest BCUT2D eigenvalue weighted by Gasteiger charge is 2.23. The Hall–Kier alpha value is -0.860. The van der Waals surface area contributed by atoms with Gasteiger partial charge in [-0.15, -0.1) is 0 Å². The third-order valence-corrected chi connectivity index (χ3v) is 3.41. The molecule has 0 aliphatic carbocycles. The molecule has 2 N–H and O–H groups in total. The van der Waals surface area contributed by atoms with Crippen LogP contribution in [0.15, 0.2) is 24.3 Å². The van der Waals surface area contributed by atoms with E-state index in [1.165, 1.54) is 17.5 Å². The predicted octanol–water partition coefficient (Wildman–Crippen LogP) is 2.29. The molecule has 1 aliphatic rings. The maximum Gasteiger partial charge on any atom is 0.0500 e. The molecule has 1 saturated heterocycles. The molecule has 0 radical (unpaired) electrons. The minimum Gasteiger partial charge on any atom is -0.381 e. The lowest BCUT2D eigenvalue weighted by Gasteiger charge is -2.18. The van der Waals surface area contributed by atoms with Crippen LogP contribution < -0.4 is 5.73 Å². The van der Waals surface area contributed by atoms with E-state index in [9.17, 15) is 0 Å². The smallest absolute Gasteiger partial charge is 0.0500 e. The molecule has 2 unspecified atom stereocenters. The van der Waals surface area contributed by atoms with Crippen LogP contribution in [0.2, 0.25) is 0 Å². The summed E-state index contributed by atoms with van der Waals surface area (Å²) in [7, 11) is 0. The molecule has 2 atom stereocenters. The number of ether oxygens (including phenoxy) is 1. The molecule has 1 heterocycles. The molecule has 0 spiro atoms. The molecule has 0 saturated carbocycles. The van der Waals surface area contributed by atoms with Crippen molar-refractivity contribution in [3.8, 4) is 0 Å². The van der Waals surface area contributed by atoms with Gasteiger partial charge in [-0.25, -0.2) is 0 Å². The molecular formula is C13H19NO. The van der Waals surface area contributed by atoms with E-state index < -0.39 is 0 Å². The quantitative estimate of drug-likeness (QED) is 0.821. The summed E-state index contributed by atoms with van der Waals surface area (Å²) in [6.45, 7) is 4.76. The number of hydrogen-bond acceptors (Lipinski definition) is 2. The Morgan fingerprint density at radius 2 is 2.13 bits per heavy atom. The lowest BCUT2D eigenvalue weighted by molar-refractivity contribution is 0.181. The molecule has 15 heavy (non-hydrogen) atoms. The molecule has 1 aliphatic heterocycles. The van der Waals surface area contributed by atoms with Gasteiger partial charge in [0.1, 0.15) is 0 Å². The van der Waals surface area contributed by atoms with Crippen molar-refractivity contribution in [2.45, 2.75) is 25.8 Å². The third kappa shape index (κ3) is 2.39. The monoisotopic (exact) mass is 205 g/mol. The van der Waals surface area contributed by atoms with Crippen molar-refractivity contribution in [2.24, 2.45) is 11.7 Å². The van der Waals surface area contributed by atoms with Crippen LogP contribution in [0.25, 0.3) is 0 Å². The Kier molecular flexibility index (Phi) is 3.39. The van der Waals surface area contributed by atoms with E-state index >= 15 is 0 Å². The Balaban J connectivity index is 2.07. The van der Waals surface area contributed by atoms with Crippen LogP contribution in [0.1, 0.15) is 30.4 Å². The summed E-state index contributed by atoms with van der Waals surface area (Å²) in [6.07, 6.45) is 1.19. The van der Waals surface area contributed by atoms with Gasteiger partial charge >= 0.3 is 0 Å². The van der Waals surface area contributed by atoms with E-state index in [1.807, 2.05) is 0 Å². The summed E-state index contributed by atoms with van der Waals surface area (Å²) in [6, 6.07) is 8.65. The van der Waals surface area contributed by atoms with Gasteiger partial charge in [0.2, 0.25) is 0 Å². The van der Waals surface area contributed by atoms with Crippen molar-refractivity contribution in [2.75, 3.05) is 13.2 Å². The minimum atomic E-state index is 0.597. The van der Waals surface area contributed by atoms with Crippen LogP contribution in [0.4, 0.5) is 0 Å². The molecule has 2 nitrogen and oxygen atoms in total. The normalized spacial score (nSPS) is 22.9. The van der Waals surface area contributed by atoms with Crippen LogP contribution in [0.5, 0.6) is 0 Å². The van der Waals surface area contributed by atoms with Gasteiger partial charge in [0, 0.05) is 13.2 Å². The summed E-state index contributed by atoms with van der Waals surface area (Å²) in [4.78, 5) is 0. The lowest BCUT2D eigenvalue weighted by Crippen LogP contribution is -2.09. The van der Waals surface area contributed by atoms with Crippen molar-refractivity contribution >= 4 is 0 Å². The van der Waals surface area contributed by atoms with Crippen molar-refractivity contribution in [3.05, 3.63) is 35.4 Å². The zero-order valence-electron chi connectivity index (χ0n) is 9.28. The lowest BCUT2D eigenvalue weighted by atomic mass is 9.87. The highest BCUT2D eigenvalue weighted by Crippen LogP contribution is 2.30. The summed E-state index contributed by atoms with van der Waals surface area (Å²) >= 11 is 0. The topological polar surface area (TPSA) is 35.2 Å². The Bertz CT molecular complexity index is 301. The van der Waals surface area contributed by atoms with Gasteiger partial charge in [-0.2, -0.15) is 0 Å². The SMILES string of the molecule is CC(c1ccc(CN)cc1)C1CCOC1. The van der Waals surface area contributed by atoms with E-state index in [2.05, 4.69) is 31.2 Å². The highest BCUT2D eigenvalue weighted by molar-refractivity contribution is 5.25. The van der Waals surface area contributed by atoms with Gasteiger partial charge in [-0.3, -0.25) is 0 Å². The van der Waals surface area contributed by atoms with Gasteiger partial charge in [-0.05, 0) is 29.4 Å². The standard InChI is InChI=1S/C13H19NO/c1-10(13-6-7-15-9-13)12-4-2-11(8-14)3-5-12/h2-5,10,13H,6-9,14H2,1H3. The molecule has 1 aromatic carbocycles. The van der Waals surface area contributed by atoms with Gasteiger partial charge in [-0.1, -0.05) is 31.2 Å². The van der Waals surface area contributed by atoms with E-state index in [1.54, 1.807) is 0 Å². The second-order valence-corrected chi connectivity index (χ2v) is 4.36. The zero-order valence-corrected chi connectivity index (χ0v) is 9.28. The summed E-state index contributed by atoms with van der Waals surface area (Å²) < 4.78 is 5.42. The summed E-state index contributed by atoms with van der Waals surface area (Å²) in [5, 5.41) is 0. The first-order chi connectivity index (χ1) is 7.31. The minimum absolute atomic E-state index is 0.597. The van der Waals surface area contributed by atoms with Gasteiger partial charge in [0.15, 0.2) is 0 Å². The molecule has 0 bridgehead atoms. The van der Waals surface area contributed by atoms with Crippen molar-refractivity contribution < 1.29 is 4.74 Å². The molecule has 0 aromatic heterocycles. The van der Waals surface area contributed by atoms with Crippen LogP contribution in [-0.2, 0) is 11.3 Å². The number of rotatable bonds is 3. The molecule has 82 valence electrons. The molecule has 2 heteroatoms. The molecule has 1 fully saturated rings. The largest absolute Gasteiger partial charge is 0.381 e. The van der Waals surface area contributed by atoms with E-state index in [4.69, 9.17) is 10.5 Å². The zero-order chi connectivity index (χ0) is 10.7. The second kappa shape index (κ2) is 4.77. The van der Waals surface area contributed by atoms with Crippen molar-refractivity contribution in [1.29, 1.82) is 0 Å². The fourth-order valence-electron chi connectivity index (χ4n) is 2.18. The van der Waals surface area contributed by atoms with Crippen LogP contribution in [0.3, 0.4) is 0 Å². The average Bonchev–Trinajstić information content (AvgIpc) is 2.82. The van der Waals surface area contributed by atoms with Gasteiger partial charge in [0.05, 0.1) is 6.61 Å². The number of hydrogen-bond donors (Lipinski definition) is 1. The Labute approximate surface area is 91.4 Å². The maximum absolute atomic E-state index is 5.58. The number of benzene rings is 1. The molecule has 2 rings (SSSR count). The van der Waals surface area contributed by atoms with E-state index in [-0.39, 0.29) is 0 Å². The number of nitrogens with two attached hydrogens (primary N) is 1. The third-order valence-electron chi connectivity index (χ3n) is 3.41. The Morgan fingerprint density at radius 3 is 2.67 bits per heavy atom. The van der Waals surface area contributed by atoms with Crippen LogP contribution >= 0.6 is 0 Å². The predicted molar refractivity (Wildman–Crippen MR) is 61.7 cm³/mol. The highest BCUT2D eigenvalue weighted by atomic mass is 16.5. The fraction of sp³-hybridized carbons (Fsp3) is 0.538. The maximum atomic E-state index is 5.58. The molecule has 1 aromatic rings.